The molecule has 0 atom stereocenters. The molecule has 2 aromatic rings. The maximum Gasteiger partial charge on any atom is 0.239 e. The van der Waals surface area contributed by atoms with Crippen LogP contribution in [0.15, 0.2) is 47.9 Å². The molecule has 7 nitrogen and oxygen atoms in total. The lowest BCUT2D eigenvalue weighted by atomic mass is 10.1. The highest BCUT2D eigenvalue weighted by Crippen LogP contribution is 2.08. The summed E-state index contributed by atoms with van der Waals surface area (Å²) in [6.07, 6.45) is 5.51. The summed E-state index contributed by atoms with van der Waals surface area (Å²) in [5, 5.41) is 7.80. The van der Waals surface area contributed by atoms with E-state index in [1.807, 2.05) is 0 Å². The molecule has 3 N–H and O–H groups in total. The van der Waals surface area contributed by atoms with Crippen LogP contribution in [-0.2, 0) is 27.8 Å². The van der Waals surface area contributed by atoms with E-state index in [1.165, 1.54) is 12.1 Å². The van der Waals surface area contributed by atoms with Crippen LogP contribution < -0.4 is 10.5 Å². The van der Waals surface area contributed by atoms with E-state index >= 15 is 0 Å². The maximum atomic E-state index is 11.6. The molecule has 1 aromatic carbocycles. The van der Waals surface area contributed by atoms with Crippen molar-refractivity contribution in [2.75, 3.05) is 6.54 Å². The summed E-state index contributed by atoms with van der Waals surface area (Å²) in [6, 6.07) is 6.28. The number of carbonyl (C=O) groups excluding carboxylic acids is 1. The first-order valence-electron chi connectivity index (χ1n) is 6.29. The number of sulfonamides is 1. The molecular weight excluding hydrogens is 292 g/mol. The number of rotatable bonds is 6. The number of imidazole rings is 1. The van der Waals surface area contributed by atoms with Gasteiger partial charge in [-0.3, -0.25) is 4.79 Å². The molecule has 1 aromatic heterocycles. The number of carbonyl (C=O) groups is 1. The van der Waals surface area contributed by atoms with E-state index in [9.17, 15) is 13.2 Å². The minimum Gasteiger partial charge on any atom is -0.354 e. The van der Waals surface area contributed by atoms with Gasteiger partial charge < -0.3 is 9.88 Å². The number of hydrogen-bond donors (Lipinski definition) is 2. The van der Waals surface area contributed by atoms with Crippen LogP contribution in [0.5, 0.6) is 0 Å². The van der Waals surface area contributed by atoms with E-state index in [1.54, 1.807) is 35.4 Å². The maximum absolute atomic E-state index is 11.6. The minimum atomic E-state index is -3.66. The summed E-state index contributed by atoms with van der Waals surface area (Å²) in [5.74, 6) is -0.103. The Morgan fingerprint density at radius 3 is 2.57 bits per heavy atom. The van der Waals surface area contributed by atoms with Crippen molar-refractivity contribution < 1.29 is 13.2 Å². The van der Waals surface area contributed by atoms with Gasteiger partial charge >= 0.3 is 0 Å². The monoisotopic (exact) mass is 308 g/mol. The number of nitrogens with one attached hydrogen (secondary N) is 1. The van der Waals surface area contributed by atoms with Crippen molar-refractivity contribution in [3.8, 4) is 0 Å². The van der Waals surface area contributed by atoms with E-state index in [0.717, 1.165) is 5.56 Å². The van der Waals surface area contributed by atoms with Gasteiger partial charge in [-0.1, -0.05) is 12.1 Å². The molecule has 0 aliphatic rings. The molecular formula is C13H16N4O3S. The Labute approximate surface area is 122 Å². The molecule has 0 aliphatic heterocycles. The first-order chi connectivity index (χ1) is 9.95. The molecule has 112 valence electrons. The Kier molecular flexibility index (Phi) is 4.71. The second-order valence-corrected chi connectivity index (χ2v) is 6.09. The fraction of sp³-hybridized carbons (Fsp3) is 0.231. The van der Waals surface area contributed by atoms with E-state index in [2.05, 4.69) is 10.3 Å². The standard InChI is InChI=1S/C13H16N4O3S/c14-21(19,20)12-3-1-11(2-4-12)5-6-16-13(18)9-17-8-7-15-10-17/h1-4,7-8,10H,5-6,9H2,(H,16,18)(H2,14,19,20). The van der Waals surface area contributed by atoms with Crippen LogP contribution in [0.3, 0.4) is 0 Å². The van der Waals surface area contributed by atoms with Crippen molar-refractivity contribution in [1.82, 2.24) is 14.9 Å². The van der Waals surface area contributed by atoms with E-state index < -0.39 is 10.0 Å². The predicted octanol–water partition coefficient (Wildman–Crippen LogP) is -0.111. The minimum absolute atomic E-state index is 0.0791. The van der Waals surface area contributed by atoms with Gasteiger partial charge in [0, 0.05) is 18.9 Å². The third kappa shape index (κ3) is 4.69. The highest BCUT2D eigenvalue weighted by molar-refractivity contribution is 7.89. The van der Waals surface area contributed by atoms with Crippen LogP contribution in [0.2, 0.25) is 0 Å². The van der Waals surface area contributed by atoms with Crippen molar-refractivity contribution in [3.63, 3.8) is 0 Å². The predicted molar refractivity (Wildman–Crippen MR) is 76.8 cm³/mol. The van der Waals surface area contributed by atoms with Crippen LogP contribution in [0.25, 0.3) is 0 Å². The van der Waals surface area contributed by atoms with Gasteiger partial charge in [0.2, 0.25) is 15.9 Å². The summed E-state index contributed by atoms with van der Waals surface area (Å²) in [6.45, 7) is 0.701. The fourth-order valence-electron chi connectivity index (χ4n) is 1.79. The average Bonchev–Trinajstić information content (AvgIpc) is 2.91. The topological polar surface area (TPSA) is 107 Å². The summed E-state index contributed by atoms with van der Waals surface area (Å²) < 4.78 is 23.9. The van der Waals surface area contributed by atoms with E-state index in [-0.39, 0.29) is 17.3 Å². The van der Waals surface area contributed by atoms with Crippen molar-refractivity contribution in [3.05, 3.63) is 48.5 Å². The van der Waals surface area contributed by atoms with Gasteiger partial charge in [0.05, 0.1) is 11.2 Å². The molecule has 0 fully saturated rings. The Hall–Kier alpha value is -2.19. The van der Waals surface area contributed by atoms with Crippen LogP contribution >= 0.6 is 0 Å². The second kappa shape index (κ2) is 6.51. The third-order valence-electron chi connectivity index (χ3n) is 2.87. The van der Waals surface area contributed by atoms with Crippen molar-refractivity contribution in [2.45, 2.75) is 17.9 Å². The lowest BCUT2D eigenvalue weighted by molar-refractivity contribution is -0.121. The number of aromatic nitrogens is 2. The Balaban J connectivity index is 1.79. The second-order valence-electron chi connectivity index (χ2n) is 4.52. The molecule has 0 aliphatic carbocycles. The fourth-order valence-corrected chi connectivity index (χ4v) is 2.31. The first-order valence-corrected chi connectivity index (χ1v) is 7.84. The summed E-state index contributed by atoms with van der Waals surface area (Å²) in [5.41, 5.74) is 0.922. The van der Waals surface area contributed by atoms with E-state index in [0.29, 0.717) is 13.0 Å². The van der Waals surface area contributed by atoms with Crippen LogP contribution in [-0.4, -0.2) is 30.4 Å². The molecule has 0 saturated heterocycles. The van der Waals surface area contributed by atoms with Gasteiger partial charge in [0.25, 0.3) is 0 Å². The Morgan fingerprint density at radius 2 is 2.00 bits per heavy atom. The van der Waals surface area contributed by atoms with Crippen molar-refractivity contribution >= 4 is 15.9 Å². The summed E-state index contributed by atoms with van der Waals surface area (Å²) in [7, 11) is -3.66. The molecule has 21 heavy (non-hydrogen) atoms. The highest BCUT2D eigenvalue weighted by atomic mass is 32.2. The molecule has 0 unspecified atom stereocenters. The lowest BCUT2D eigenvalue weighted by Crippen LogP contribution is -2.29. The normalized spacial score (nSPS) is 11.3. The van der Waals surface area contributed by atoms with Gasteiger partial charge in [0.15, 0.2) is 0 Å². The van der Waals surface area contributed by atoms with Crippen molar-refractivity contribution in [1.29, 1.82) is 0 Å². The van der Waals surface area contributed by atoms with Gasteiger partial charge in [-0.15, -0.1) is 0 Å². The van der Waals surface area contributed by atoms with Gasteiger partial charge in [-0.25, -0.2) is 18.5 Å². The Bertz CT molecular complexity index is 694. The smallest absolute Gasteiger partial charge is 0.239 e. The number of primary sulfonamides is 1. The van der Waals surface area contributed by atoms with Gasteiger partial charge in [-0.05, 0) is 24.1 Å². The van der Waals surface area contributed by atoms with Gasteiger partial charge in [0.1, 0.15) is 6.54 Å². The SMILES string of the molecule is NS(=O)(=O)c1ccc(CCNC(=O)Cn2ccnc2)cc1. The largest absolute Gasteiger partial charge is 0.354 e. The van der Waals surface area contributed by atoms with Gasteiger partial charge in [-0.2, -0.15) is 0 Å². The van der Waals surface area contributed by atoms with E-state index in [4.69, 9.17) is 5.14 Å². The molecule has 1 heterocycles. The number of hydrogen-bond acceptors (Lipinski definition) is 4. The Morgan fingerprint density at radius 1 is 1.29 bits per heavy atom. The number of benzene rings is 1. The molecule has 0 spiro atoms. The molecule has 1 amide bonds. The van der Waals surface area contributed by atoms with Crippen LogP contribution in [0.1, 0.15) is 5.56 Å². The average molecular weight is 308 g/mol. The quantitative estimate of drug-likeness (QED) is 0.776. The number of nitrogens with two attached hydrogens (primary N) is 1. The summed E-state index contributed by atoms with van der Waals surface area (Å²) in [4.78, 5) is 15.6. The third-order valence-corrected chi connectivity index (χ3v) is 3.80. The molecule has 8 heteroatoms. The lowest BCUT2D eigenvalue weighted by Gasteiger charge is -2.06. The highest BCUT2D eigenvalue weighted by Gasteiger charge is 2.07. The zero-order chi connectivity index (χ0) is 15.3. The molecule has 0 saturated carbocycles. The molecule has 2 rings (SSSR count). The zero-order valence-corrected chi connectivity index (χ0v) is 12.1. The zero-order valence-electron chi connectivity index (χ0n) is 11.3. The van der Waals surface area contributed by atoms with Crippen LogP contribution in [0, 0.1) is 0 Å². The first kappa shape index (κ1) is 15.2. The van der Waals surface area contributed by atoms with Crippen molar-refractivity contribution in [2.24, 2.45) is 5.14 Å². The molecule has 0 bridgehead atoms. The van der Waals surface area contributed by atoms with Crippen LogP contribution in [0.4, 0.5) is 0 Å². The molecule has 0 radical (unpaired) electrons. The number of nitrogens with zero attached hydrogens (tertiary/aromatic N) is 2. The summed E-state index contributed by atoms with van der Waals surface area (Å²) >= 11 is 0. The number of amides is 1.